The summed E-state index contributed by atoms with van der Waals surface area (Å²) >= 11 is 0. The van der Waals surface area contributed by atoms with Gasteiger partial charge in [-0.1, -0.05) is 19.1 Å². The number of ketones is 1. The Morgan fingerprint density at radius 3 is 2.50 bits per heavy atom. The first-order valence-corrected chi connectivity index (χ1v) is 5.35. The smallest absolute Gasteiger partial charge is 0.406 e. The summed E-state index contributed by atoms with van der Waals surface area (Å²) in [6.07, 6.45) is -4.39. The van der Waals surface area contributed by atoms with Crippen LogP contribution in [-0.4, -0.2) is 17.7 Å². The molecular weight excluding hydrogens is 247 g/mol. The number of hydrogen-bond donors (Lipinski definition) is 1. The number of carbonyl (C=O) groups excluding carboxylic acids is 1. The number of ether oxygens (including phenoxy) is 1. The fourth-order valence-electron chi connectivity index (χ4n) is 1.32. The summed E-state index contributed by atoms with van der Waals surface area (Å²) in [5.41, 5.74) is 4.76. The van der Waals surface area contributed by atoms with Crippen molar-refractivity contribution in [2.45, 2.75) is 32.2 Å². The fourth-order valence-corrected chi connectivity index (χ4v) is 1.32. The number of Topliss-reactive ketones (excluding diaryl/α,β-unsaturated/α-hetero) is 1. The van der Waals surface area contributed by atoms with Gasteiger partial charge in [-0.3, -0.25) is 4.79 Å². The van der Waals surface area contributed by atoms with Gasteiger partial charge in [0.15, 0.2) is 5.78 Å². The van der Waals surface area contributed by atoms with Gasteiger partial charge in [0.2, 0.25) is 0 Å². The molecular formula is C12H14F3NO2. The van der Waals surface area contributed by atoms with E-state index in [2.05, 4.69) is 4.74 Å². The van der Waals surface area contributed by atoms with Crippen molar-refractivity contribution >= 4 is 5.78 Å². The SMILES string of the molecule is CCC(C)(N)C(=O)c1cccc(OC(F)(F)F)c1. The number of alkyl halides is 3. The molecule has 1 aromatic rings. The number of benzene rings is 1. The third-order valence-corrected chi connectivity index (χ3v) is 2.58. The quantitative estimate of drug-likeness (QED) is 0.848. The first kappa shape index (κ1) is 14.5. The molecule has 18 heavy (non-hydrogen) atoms. The number of halogens is 3. The number of rotatable bonds is 4. The van der Waals surface area contributed by atoms with Crippen molar-refractivity contribution < 1.29 is 22.7 Å². The van der Waals surface area contributed by atoms with Gasteiger partial charge >= 0.3 is 6.36 Å². The first-order chi connectivity index (χ1) is 8.15. The van der Waals surface area contributed by atoms with Crippen LogP contribution in [0.1, 0.15) is 30.6 Å². The average molecular weight is 261 g/mol. The van der Waals surface area contributed by atoms with E-state index in [4.69, 9.17) is 5.73 Å². The zero-order chi connectivity index (χ0) is 14.0. The Balaban J connectivity index is 2.99. The van der Waals surface area contributed by atoms with Crippen LogP contribution in [0.3, 0.4) is 0 Å². The highest BCUT2D eigenvalue weighted by Gasteiger charge is 2.32. The molecule has 0 aliphatic carbocycles. The fraction of sp³-hybridized carbons (Fsp3) is 0.417. The Kier molecular flexibility index (Phi) is 4.01. The van der Waals surface area contributed by atoms with E-state index in [1.54, 1.807) is 6.92 Å². The Morgan fingerprint density at radius 1 is 1.39 bits per heavy atom. The predicted octanol–water partition coefficient (Wildman–Crippen LogP) is 2.90. The largest absolute Gasteiger partial charge is 0.573 e. The van der Waals surface area contributed by atoms with Gasteiger partial charge in [0.25, 0.3) is 0 Å². The molecule has 1 unspecified atom stereocenters. The highest BCUT2D eigenvalue weighted by molar-refractivity contribution is 6.03. The van der Waals surface area contributed by atoms with Crippen LogP contribution in [0.4, 0.5) is 13.2 Å². The molecule has 0 amide bonds. The van der Waals surface area contributed by atoms with Gasteiger partial charge in [-0.25, -0.2) is 0 Å². The maximum atomic E-state index is 12.0. The number of nitrogens with two attached hydrogens (primary N) is 1. The second-order valence-corrected chi connectivity index (χ2v) is 4.18. The van der Waals surface area contributed by atoms with E-state index in [1.165, 1.54) is 19.1 Å². The molecule has 1 rings (SSSR count). The molecule has 100 valence electrons. The van der Waals surface area contributed by atoms with Gasteiger partial charge < -0.3 is 10.5 Å². The Labute approximate surface area is 103 Å². The van der Waals surface area contributed by atoms with Crippen LogP contribution in [0.5, 0.6) is 5.75 Å². The lowest BCUT2D eigenvalue weighted by atomic mass is 9.90. The minimum Gasteiger partial charge on any atom is -0.406 e. The molecule has 1 atom stereocenters. The molecule has 0 aromatic heterocycles. The molecule has 0 saturated heterocycles. The van der Waals surface area contributed by atoms with Crippen LogP contribution < -0.4 is 10.5 Å². The molecule has 0 spiro atoms. The van der Waals surface area contributed by atoms with Crippen LogP contribution in [-0.2, 0) is 0 Å². The van der Waals surface area contributed by atoms with Gasteiger partial charge in [-0.2, -0.15) is 0 Å². The summed E-state index contributed by atoms with van der Waals surface area (Å²) in [7, 11) is 0. The second-order valence-electron chi connectivity index (χ2n) is 4.18. The third kappa shape index (κ3) is 3.73. The molecule has 0 fully saturated rings. The summed E-state index contributed by atoms with van der Waals surface area (Å²) < 4.78 is 39.9. The molecule has 0 radical (unpaired) electrons. The van der Waals surface area contributed by atoms with Crippen molar-refractivity contribution in [3.8, 4) is 5.75 Å². The minimum absolute atomic E-state index is 0.101. The lowest BCUT2D eigenvalue weighted by molar-refractivity contribution is -0.274. The molecule has 0 aliphatic rings. The Bertz CT molecular complexity index is 441. The summed E-state index contributed by atoms with van der Waals surface area (Å²) in [4.78, 5) is 12.0. The second kappa shape index (κ2) is 4.97. The predicted molar refractivity (Wildman–Crippen MR) is 60.3 cm³/mol. The molecule has 2 N–H and O–H groups in total. The van der Waals surface area contributed by atoms with Gasteiger partial charge in [-0.05, 0) is 25.5 Å². The number of carbonyl (C=O) groups is 1. The lowest BCUT2D eigenvalue weighted by Crippen LogP contribution is -2.44. The van der Waals surface area contributed by atoms with Crippen molar-refractivity contribution in [3.05, 3.63) is 29.8 Å². The Hall–Kier alpha value is -1.56. The summed E-state index contributed by atoms with van der Waals surface area (Å²) in [6.45, 7) is 3.26. The van der Waals surface area contributed by atoms with Gasteiger partial charge in [0.05, 0.1) is 5.54 Å². The van der Waals surface area contributed by atoms with E-state index < -0.39 is 23.4 Å². The molecule has 1 aromatic carbocycles. The van der Waals surface area contributed by atoms with Crippen molar-refractivity contribution in [3.63, 3.8) is 0 Å². The molecule has 0 heterocycles. The van der Waals surface area contributed by atoms with E-state index in [1.807, 2.05) is 0 Å². The lowest BCUT2D eigenvalue weighted by Gasteiger charge is -2.21. The monoisotopic (exact) mass is 261 g/mol. The summed E-state index contributed by atoms with van der Waals surface area (Å²) in [5.74, 6) is -0.849. The Morgan fingerprint density at radius 2 is 2.00 bits per heavy atom. The van der Waals surface area contributed by atoms with Crippen molar-refractivity contribution in [2.75, 3.05) is 0 Å². The zero-order valence-corrected chi connectivity index (χ0v) is 10.0. The third-order valence-electron chi connectivity index (χ3n) is 2.58. The van der Waals surface area contributed by atoms with Crippen molar-refractivity contribution in [1.29, 1.82) is 0 Å². The van der Waals surface area contributed by atoms with Crippen LogP contribution in [0.15, 0.2) is 24.3 Å². The summed E-state index contributed by atoms with van der Waals surface area (Å²) in [5, 5.41) is 0. The normalized spacial score (nSPS) is 15.0. The first-order valence-electron chi connectivity index (χ1n) is 5.35. The standard InChI is InChI=1S/C12H14F3NO2/c1-3-11(2,16)10(17)8-5-4-6-9(7-8)18-12(13,14)15/h4-7H,3,16H2,1-2H3. The molecule has 0 aliphatic heterocycles. The zero-order valence-electron chi connectivity index (χ0n) is 10.0. The van der Waals surface area contributed by atoms with E-state index in [0.717, 1.165) is 12.1 Å². The van der Waals surface area contributed by atoms with Gasteiger partial charge in [0.1, 0.15) is 5.75 Å². The van der Waals surface area contributed by atoms with Crippen molar-refractivity contribution in [1.82, 2.24) is 0 Å². The van der Waals surface area contributed by atoms with E-state index >= 15 is 0 Å². The summed E-state index contributed by atoms with van der Waals surface area (Å²) in [6, 6.07) is 4.90. The number of hydrogen-bond acceptors (Lipinski definition) is 3. The van der Waals surface area contributed by atoms with Crippen LogP contribution >= 0.6 is 0 Å². The maximum Gasteiger partial charge on any atom is 0.573 e. The van der Waals surface area contributed by atoms with Crippen LogP contribution in [0.2, 0.25) is 0 Å². The molecule has 0 saturated carbocycles. The molecule has 3 nitrogen and oxygen atoms in total. The van der Waals surface area contributed by atoms with Crippen molar-refractivity contribution in [2.24, 2.45) is 5.73 Å². The molecule has 6 heteroatoms. The van der Waals surface area contributed by atoms with Crippen LogP contribution in [0.25, 0.3) is 0 Å². The maximum absolute atomic E-state index is 12.0. The van der Waals surface area contributed by atoms with E-state index in [-0.39, 0.29) is 5.56 Å². The topological polar surface area (TPSA) is 52.3 Å². The van der Waals surface area contributed by atoms with Crippen LogP contribution in [0, 0.1) is 0 Å². The van der Waals surface area contributed by atoms with E-state index in [9.17, 15) is 18.0 Å². The average Bonchev–Trinajstić information content (AvgIpc) is 2.26. The highest BCUT2D eigenvalue weighted by Crippen LogP contribution is 2.24. The van der Waals surface area contributed by atoms with E-state index in [0.29, 0.717) is 6.42 Å². The van der Waals surface area contributed by atoms with Gasteiger partial charge in [-0.15, -0.1) is 13.2 Å². The molecule has 0 bridgehead atoms. The highest BCUT2D eigenvalue weighted by atomic mass is 19.4. The van der Waals surface area contributed by atoms with Gasteiger partial charge in [0, 0.05) is 5.56 Å². The minimum atomic E-state index is -4.78.